The van der Waals surface area contributed by atoms with Gasteiger partial charge in [0.25, 0.3) is 5.91 Å². The summed E-state index contributed by atoms with van der Waals surface area (Å²) in [7, 11) is 1.25. The highest BCUT2D eigenvalue weighted by atomic mass is 35.5. The van der Waals surface area contributed by atoms with Crippen LogP contribution >= 0.6 is 24.0 Å². The van der Waals surface area contributed by atoms with Gasteiger partial charge in [-0.1, -0.05) is 18.2 Å². The number of carbonyl (C=O) groups is 3. The van der Waals surface area contributed by atoms with Crippen LogP contribution in [0.15, 0.2) is 30.3 Å². The van der Waals surface area contributed by atoms with Crippen LogP contribution in [0.1, 0.15) is 16.8 Å². The van der Waals surface area contributed by atoms with Crippen molar-refractivity contribution in [1.82, 2.24) is 10.2 Å². The monoisotopic (exact) mass is 346 g/mol. The van der Waals surface area contributed by atoms with Gasteiger partial charge in [-0.2, -0.15) is 0 Å². The number of benzene rings is 1. The second-order valence-corrected chi connectivity index (χ2v) is 5.04. The standard InChI is InChI=1S/C14H15ClN2O4.ClH/c1-21-13(19)11-7-10(8-17(11)14(15)20)16-12(18)9-5-3-2-4-6-9;/h2-6,10-11H,7-8H2,1H3,(H,16,18);1H. The summed E-state index contributed by atoms with van der Waals surface area (Å²) >= 11 is 5.47. The quantitative estimate of drug-likeness (QED) is 0.514. The molecule has 120 valence electrons. The second-order valence-electron chi connectivity index (χ2n) is 4.72. The summed E-state index contributed by atoms with van der Waals surface area (Å²) in [5.74, 6) is -0.798. The number of amides is 2. The maximum Gasteiger partial charge on any atom is 0.328 e. The van der Waals surface area contributed by atoms with Gasteiger partial charge in [0.2, 0.25) is 0 Å². The maximum atomic E-state index is 12.1. The minimum absolute atomic E-state index is 0. The second kappa shape index (κ2) is 8.00. The largest absolute Gasteiger partial charge is 0.467 e. The highest BCUT2D eigenvalue weighted by Crippen LogP contribution is 2.21. The van der Waals surface area contributed by atoms with Crippen LogP contribution in [-0.4, -0.2) is 47.9 Å². The molecule has 0 aromatic heterocycles. The van der Waals surface area contributed by atoms with Crippen molar-refractivity contribution >= 4 is 41.3 Å². The Morgan fingerprint density at radius 3 is 2.45 bits per heavy atom. The molecule has 2 rings (SSSR count). The number of hydrogen-bond acceptors (Lipinski definition) is 4. The van der Waals surface area contributed by atoms with E-state index in [1.54, 1.807) is 24.3 Å². The molecule has 1 N–H and O–H groups in total. The number of rotatable bonds is 3. The zero-order chi connectivity index (χ0) is 15.4. The van der Waals surface area contributed by atoms with E-state index < -0.39 is 17.4 Å². The highest BCUT2D eigenvalue weighted by molar-refractivity contribution is 6.63. The average molecular weight is 347 g/mol. The van der Waals surface area contributed by atoms with Crippen LogP contribution in [0.5, 0.6) is 0 Å². The molecule has 2 atom stereocenters. The Hall–Kier alpha value is -1.79. The Kier molecular flexibility index (Phi) is 6.64. The number of ether oxygens (including phenoxy) is 1. The van der Waals surface area contributed by atoms with Crippen molar-refractivity contribution in [2.24, 2.45) is 0 Å². The van der Waals surface area contributed by atoms with Gasteiger partial charge in [-0.05, 0) is 23.7 Å². The summed E-state index contributed by atoms with van der Waals surface area (Å²) in [6, 6.07) is 7.60. The van der Waals surface area contributed by atoms with Crippen LogP contribution in [0.25, 0.3) is 0 Å². The van der Waals surface area contributed by atoms with Crippen molar-refractivity contribution in [2.75, 3.05) is 13.7 Å². The molecule has 2 unspecified atom stereocenters. The van der Waals surface area contributed by atoms with Gasteiger partial charge in [-0.3, -0.25) is 9.59 Å². The Morgan fingerprint density at radius 1 is 1.27 bits per heavy atom. The molecule has 6 nitrogen and oxygen atoms in total. The summed E-state index contributed by atoms with van der Waals surface area (Å²) in [6.07, 6.45) is 0.281. The first-order chi connectivity index (χ1) is 10.0. The van der Waals surface area contributed by atoms with Gasteiger partial charge in [0.1, 0.15) is 6.04 Å². The number of likely N-dealkylation sites (tertiary alicyclic amines) is 1. The lowest BCUT2D eigenvalue weighted by Crippen LogP contribution is -2.39. The lowest BCUT2D eigenvalue weighted by Gasteiger charge is -2.18. The molecule has 1 aromatic carbocycles. The molecule has 8 heteroatoms. The van der Waals surface area contributed by atoms with Crippen molar-refractivity contribution in [3.63, 3.8) is 0 Å². The third-order valence-corrected chi connectivity index (χ3v) is 3.59. The summed E-state index contributed by atoms with van der Waals surface area (Å²) in [4.78, 5) is 36.2. The molecule has 22 heavy (non-hydrogen) atoms. The molecule has 2 amide bonds. The molecule has 0 radical (unpaired) electrons. The van der Waals surface area contributed by atoms with Crippen LogP contribution in [0.4, 0.5) is 4.79 Å². The molecule has 0 aliphatic carbocycles. The number of carbonyl (C=O) groups excluding carboxylic acids is 3. The Labute approximate surface area is 139 Å². The topological polar surface area (TPSA) is 75.7 Å². The average Bonchev–Trinajstić information content (AvgIpc) is 2.91. The molecule has 1 saturated heterocycles. The van der Waals surface area contributed by atoms with Gasteiger partial charge in [0, 0.05) is 24.6 Å². The zero-order valence-corrected chi connectivity index (χ0v) is 13.4. The molecule has 1 aliphatic heterocycles. The van der Waals surface area contributed by atoms with Crippen molar-refractivity contribution in [1.29, 1.82) is 0 Å². The predicted octanol–water partition coefficient (Wildman–Crippen LogP) is 1.81. The van der Waals surface area contributed by atoms with Gasteiger partial charge in [-0.25, -0.2) is 4.79 Å². The molecule has 0 saturated carbocycles. The van der Waals surface area contributed by atoms with Gasteiger partial charge in [0.15, 0.2) is 0 Å². The molecular formula is C14H16Cl2N2O4. The lowest BCUT2D eigenvalue weighted by atomic mass is 10.1. The first-order valence-electron chi connectivity index (χ1n) is 6.42. The summed E-state index contributed by atoms with van der Waals surface area (Å²) in [6.45, 7) is 0.181. The maximum absolute atomic E-state index is 12.1. The highest BCUT2D eigenvalue weighted by Gasteiger charge is 2.40. The number of halogens is 2. The third-order valence-electron chi connectivity index (χ3n) is 3.37. The number of nitrogens with zero attached hydrogens (tertiary/aromatic N) is 1. The molecule has 0 bridgehead atoms. The Bertz CT molecular complexity index is 553. The fourth-order valence-corrected chi connectivity index (χ4v) is 2.54. The number of methoxy groups -OCH3 is 1. The van der Waals surface area contributed by atoms with Gasteiger partial charge in [0.05, 0.1) is 7.11 Å². The van der Waals surface area contributed by atoms with Crippen molar-refractivity contribution in [2.45, 2.75) is 18.5 Å². The van der Waals surface area contributed by atoms with Crippen LogP contribution in [0.3, 0.4) is 0 Å². The SMILES string of the molecule is COC(=O)C1CC(NC(=O)c2ccccc2)CN1C(=O)Cl.Cl. The Balaban J connectivity index is 0.00000242. The van der Waals surface area contributed by atoms with Crippen LogP contribution in [0.2, 0.25) is 0 Å². The molecule has 1 fully saturated rings. The van der Waals surface area contributed by atoms with E-state index in [-0.39, 0.29) is 37.3 Å². The molecule has 0 spiro atoms. The minimum atomic E-state index is -0.763. The minimum Gasteiger partial charge on any atom is -0.467 e. The van der Waals surface area contributed by atoms with Crippen LogP contribution < -0.4 is 5.32 Å². The van der Waals surface area contributed by atoms with E-state index in [2.05, 4.69) is 10.1 Å². The summed E-state index contributed by atoms with van der Waals surface area (Å²) < 4.78 is 4.65. The van der Waals surface area contributed by atoms with E-state index in [0.29, 0.717) is 5.56 Å². The summed E-state index contributed by atoms with van der Waals surface area (Å²) in [5, 5.41) is 2.06. The van der Waals surface area contributed by atoms with Gasteiger partial charge in [-0.15, -0.1) is 12.4 Å². The summed E-state index contributed by atoms with van der Waals surface area (Å²) in [5.41, 5.74) is 0.516. The number of nitrogens with one attached hydrogen (secondary N) is 1. The molecular weight excluding hydrogens is 331 g/mol. The van der Waals surface area contributed by atoms with E-state index >= 15 is 0 Å². The molecule has 1 heterocycles. The number of hydrogen-bond donors (Lipinski definition) is 1. The van der Waals surface area contributed by atoms with Crippen molar-refractivity contribution in [3.8, 4) is 0 Å². The lowest BCUT2D eigenvalue weighted by molar-refractivity contribution is -0.144. The van der Waals surface area contributed by atoms with Gasteiger partial charge >= 0.3 is 11.3 Å². The van der Waals surface area contributed by atoms with Crippen molar-refractivity contribution < 1.29 is 19.1 Å². The first kappa shape index (κ1) is 18.3. The fraction of sp³-hybridized carbons (Fsp3) is 0.357. The van der Waals surface area contributed by atoms with Crippen molar-refractivity contribution in [3.05, 3.63) is 35.9 Å². The zero-order valence-electron chi connectivity index (χ0n) is 11.8. The molecule has 1 aliphatic rings. The van der Waals surface area contributed by atoms with E-state index in [1.165, 1.54) is 12.0 Å². The third kappa shape index (κ3) is 4.11. The number of esters is 1. The van der Waals surface area contributed by atoms with E-state index in [1.807, 2.05) is 6.07 Å². The van der Waals surface area contributed by atoms with Crippen LogP contribution in [-0.2, 0) is 9.53 Å². The Morgan fingerprint density at radius 2 is 1.91 bits per heavy atom. The van der Waals surface area contributed by atoms with E-state index in [9.17, 15) is 14.4 Å². The smallest absolute Gasteiger partial charge is 0.328 e. The fourth-order valence-electron chi connectivity index (χ4n) is 2.35. The van der Waals surface area contributed by atoms with Crippen LogP contribution in [0, 0.1) is 0 Å². The predicted molar refractivity (Wildman–Crippen MR) is 83.3 cm³/mol. The van der Waals surface area contributed by atoms with Gasteiger partial charge < -0.3 is 15.0 Å². The first-order valence-corrected chi connectivity index (χ1v) is 6.80. The normalized spacial score (nSPS) is 20.0. The molecule has 1 aromatic rings. The van der Waals surface area contributed by atoms with E-state index in [0.717, 1.165) is 0 Å². The van der Waals surface area contributed by atoms with E-state index in [4.69, 9.17) is 11.6 Å².